The molecule has 1 unspecified atom stereocenters. The predicted octanol–water partition coefficient (Wildman–Crippen LogP) is 1.56. The third kappa shape index (κ3) is 1.91. The van der Waals surface area contributed by atoms with E-state index in [1.54, 1.807) is 4.68 Å². The minimum absolute atomic E-state index is 0.321. The average Bonchev–Trinajstić information content (AvgIpc) is 2.77. The smallest absolute Gasteiger partial charge is 0.0959 e. The molecular formula is C10H16N2O. The number of aliphatic hydroxyl groups excluding tert-OH is 1. The van der Waals surface area contributed by atoms with E-state index in [0.717, 1.165) is 23.7 Å². The highest BCUT2D eigenvalue weighted by Gasteiger charge is 2.26. The van der Waals surface area contributed by atoms with Gasteiger partial charge in [0.1, 0.15) is 0 Å². The van der Waals surface area contributed by atoms with Crippen molar-refractivity contribution in [1.29, 1.82) is 0 Å². The van der Waals surface area contributed by atoms with Crippen LogP contribution < -0.4 is 0 Å². The van der Waals surface area contributed by atoms with Gasteiger partial charge in [-0.05, 0) is 25.3 Å². The molecular weight excluding hydrogens is 164 g/mol. The summed E-state index contributed by atoms with van der Waals surface area (Å²) in [5, 5.41) is 14.1. The lowest BCUT2D eigenvalue weighted by atomic mass is 10.1. The van der Waals surface area contributed by atoms with Gasteiger partial charge < -0.3 is 5.11 Å². The Labute approximate surface area is 78.4 Å². The molecule has 1 aliphatic rings. The van der Waals surface area contributed by atoms with E-state index in [-0.39, 0.29) is 6.10 Å². The van der Waals surface area contributed by atoms with Crippen LogP contribution in [0.4, 0.5) is 0 Å². The molecule has 0 spiro atoms. The Balaban J connectivity index is 2.08. The maximum Gasteiger partial charge on any atom is 0.0959 e. The van der Waals surface area contributed by atoms with Gasteiger partial charge in [0, 0.05) is 7.05 Å². The van der Waals surface area contributed by atoms with Gasteiger partial charge in [0.2, 0.25) is 0 Å². The van der Waals surface area contributed by atoms with E-state index >= 15 is 0 Å². The maximum atomic E-state index is 9.86. The fraction of sp³-hybridized carbons (Fsp3) is 0.700. The first-order valence-corrected chi connectivity index (χ1v) is 4.85. The molecule has 0 aromatic carbocycles. The second-order valence-electron chi connectivity index (χ2n) is 4.03. The van der Waals surface area contributed by atoms with E-state index < -0.39 is 0 Å². The lowest BCUT2D eigenvalue weighted by molar-refractivity contribution is 0.151. The number of aliphatic hydroxyl groups is 1. The third-order valence-electron chi connectivity index (χ3n) is 2.63. The molecule has 1 N–H and O–H groups in total. The van der Waals surface area contributed by atoms with Crippen molar-refractivity contribution >= 4 is 0 Å². The van der Waals surface area contributed by atoms with Gasteiger partial charge in [0.25, 0.3) is 0 Å². The van der Waals surface area contributed by atoms with Gasteiger partial charge >= 0.3 is 0 Å². The van der Waals surface area contributed by atoms with Crippen LogP contribution >= 0.6 is 0 Å². The highest BCUT2D eigenvalue weighted by atomic mass is 16.3. The molecule has 0 aliphatic heterocycles. The summed E-state index contributed by atoms with van der Waals surface area (Å²) in [5.74, 6) is 0.755. The van der Waals surface area contributed by atoms with Gasteiger partial charge in [-0.25, -0.2) is 0 Å². The summed E-state index contributed by atoms with van der Waals surface area (Å²) in [6.07, 6.45) is 3.15. The zero-order valence-corrected chi connectivity index (χ0v) is 8.20. The summed E-state index contributed by atoms with van der Waals surface area (Å²) in [4.78, 5) is 0. The van der Waals surface area contributed by atoms with Crippen molar-refractivity contribution in [2.24, 2.45) is 13.0 Å². The Hall–Kier alpha value is -0.830. The van der Waals surface area contributed by atoms with Crippen molar-refractivity contribution in [3.8, 4) is 0 Å². The Morgan fingerprint density at radius 1 is 1.69 bits per heavy atom. The van der Waals surface area contributed by atoms with Crippen molar-refractivity contribution in [2.45, 2.75) is 32.3 Å². The zero-order chi connectivity index (χ0) is 9.42. The first kappa shape index (κ1) is 8.75. The first-order chi connectivity index (χ1) is 6.16. The van der Waals surface area contributed by atoms with Crippen LogP contribution in [0, 0.1) is 12.8 Å². The predicted molar refractivity (Wildman–Crippen MR) is 50.2 cm³/mol. The number of rotatable bonds is 3. The summed E-state index contributed by atoms with van der Waals surface area (Å²) < 4.78 is 1.78. The van der Waals surface area contributed by atoms with E-state index in [9.17, 15) is 5.11 Å². The van der Waals surface area contributed by atoms with Crippen molar-refractivity contribution in [1.82, 2.24) is 9.78 Å². The molecule has 1 heterocycles. The van der Waals surface area contributed by atoms with Crippen molar-refractivity contribution in [3.63, 3.8) is 0 Å². The molecule has 1 fully saturated rings. The van der Waals surface area contributed by atoms with Crippen LogP contribution in [0.2, 0.25) is 0 Å². The second-order valence-corrected chi connectivity index (χ2v) is 4.03. The minimum atomic E-state index is -0.321. The molecule has 3 nitrogen and oxygen atoms in total. The molecule has 72 valence electrons. The van der Waals surface area contributed by atoms with Gasteiger partial charge in [-0.1, -0.05) is 12.8 Å². The molecule has 0 saturated heterocycles. The number of hydrogen-bond acceptors (Lipinski definition) is 2. The molecule has 13 heavy (non-hydrogen) atoms. The molecule has 1 saturated carbocycles. The van der Waals surface area contributed by atoms with Crippen LogP contribution in [0.25, 0.3) is 0 Å². The lowest BCUT2D eigenvalue weighted by Crippen LogP contribution is -2.05. The highest BCUT2D eigenvalue weighted by Crippen LogP contribution is 2.37. The summed E-state index contributed by atoms with van der Waals surface area (Å²) in [6, 6.07) is 1.97. The number of hydrogen-bond donors (Lipinski definition) is 1. The molecule has 0 bridgehead atoms. The molecule has 1 aliphatic carbocycles. The minimum Gasteiger partial charge on any atom is -0.387 e. The van der Waals surface area contributed by atoms with Crippen LogP contribution in [0.15, 0.2) is 6.07 Å². The Kier molecular flexibility index (Phi) is 2.12. The summed E-state index contributed by atoms with van der Waals surface area (Å²) >= 11 is 0. The summed E-state index contributed by atoms with van der Waals surface area (Å²) in [5.41, 5.74) is 1.93. The Morgan fingerprint density at radius 3 is 2.85 bits per heavy atom. The fourth-order valence-corrected chi connectivity index (χ4v) is 1.73. The summed E-state index contributed by atoms with van der Waals surface area (Å²) in [6.45, 7) is 1.95. The molecule has 0 radical (unpaired) electrons. The van der Waals surface area contributed by atoms with Crippen LogP contribution in [-0.4, -0.2) is 14.9 Å². The first-order valence-electron chi connectivity index (χ1n) is 4.85. The van der Waals surface area contributed by atoms with Gasteiger partial charge in [0.15, 0.2) is 0 Å². The van der Waals surface area contributed by atoms with Crippen LogP contribution in [-0.2, 0) is 7.05 Å². The van der Waals surface area contributed by atoms with Crippen molar-refractivity contribution in [2.75, 3.05) is 0 Å². The fourth-order valence-electron chi connectivity index (χ4n) is 1.73. The Bertz CT molecular complexity index is 302. The molecule has 1 atom stereocenters. The standard InChI is InChI=1S/C10H16N2O/c1-7-5-9(12(2)11-7)10(13)6-8-3-4-8/h5,8,10,13H,3-4,6H2,1-2H3. The number of nitrogens with zero attached hydrogens (tertiary/aromatic N) is 2. The SMILES string of the molecule is Cc1cc(C(O)CC2CC2)n(C)n1. The third-order valence-corrected chi connectivity index (χ3v) is 2.63. The molecule has 2 rings (SSSR count). The van der Waals surface area contributed by atoms with Gasteiger partial charge in [0.05, 0.1) is 17.5 Å². The van der Waals surface area contributed by atoms with Gasteiger partial charge in [-0.15, -0.1) is 0 Å². The second kappa shape index (κ2) is 3.14. The largest absolute Gasteiger partial charge is 0.387 e. The average molecular weight is 180 g/mol. The normalized spacial score (nSPS) is 19.0. The highest BCUT2D eigenvalue weighted by molar-refractivity contribution is 5.11. The monoisotopic (exact) mass is 180 g/mol. The van der Waals surface area contributed by atoms with E-state index in [2.05, 4.69) is 5.10 Å². The maximum absolute atomic E-state index is 9.86. The van der Waals surface area contributed by atoms with E-state index in [0.29, 0.717) is 0 Å². The molecule has 0 amide bonds. The molecule has 1 aromatic heterocycles. The number of aryl methyl sites for hydroxylation is 2. The van der Waals surface area contributed by atoms with Crippen LogP contribution in [0.1, 0.15) is 36.8 Å². The van der Waals surface area contributed by atoms with Gasteiger partial charge in [-0.3, -0.25) is 4.68 Å². The summed E-state index contributed by atoms with van der Waals surface area (Å²) in [7, 11) is 1.89. The van der Waals surface area contributed by atoms with Crippen molar-refractivity contribution in [3.05, 3.63) is 17.5 Å². The zero-order valence-electron chi connectivity index (χ0n) is 8.20. The topological polar surface area (TPSA) is 38.0 Å². The molecule has 1 aromatic rings. The van der Waals surface area contributed by atoms with Crippen LogP contribution in [0.3, 0.4) is 0 Å². The van der Waals surface area contributed by atoms with E-state index in [1.807, 2.05) is 20.0 Å². The van der Waals surface area contributed by atoms with E-state index in [4.69, 9.17) is 0 Å². The molecule has 3 heteroatoms. The quantitative estimate of drug-likeness (QED) is 0.766. The Morgan fingerprint density at radius 2 is 2.38 bits per heavy atom. The number of aromatic nitrogens is 2. The lowest BCUT2D eigenvalue weighted by Gasteiger charge is -2.09. The van der Waals surface area contributed by atoms with Crippen LogP contribution in [0.5, 0.6) is 0 Å². The van der Waals surface area contributed by atoms with Gasteiger partial charge in [-0.2, -0.15) is 5.10 Å². The van der Waals surface area contributed by atoms with E-state index in [1.165, 1.54) is 12.8 Å². The van der Waals surface area contributed by atoms with Crippen molar-refractivity contribution < 1.29 is 5.11 Å².